The average molecular weight is 262 g/mol. The summed E-state index contributed by atoms with van der Waals surface area (Å²) >= 11 is 0. The minimum absolute atomic E-state index is 0.778. The molecule has 3 heteroatoms. The largest absolute Gasteiger partial charge is 0.492 e. The fourth-order valence-corrected chi connectivity index (χ4v) is 2.70. The third kappa shape index (κ3) is 3.95. The molecule has 1 aliphatic heterocycles. The minimum atomic E-state index is 0.778. The molecule has 1 fully saturated rings. The van der Waals surface area contributed by atoms with Gasteiger partial charge in [0.1, 0.15) is 12.4 Å². The zero-order chi connectivity index (χ0) is 13.7. The van der Waals surface area contributed by atoms with Gasteiger partial charge in [-0.15, -0.1) is 0 Å². The lowest BCUT2D eigenvalue weighted by Crippen LogP contribution is -2.26. The molecule has 0 bridgehead atoms. The number of hydrogen-bond donors (Lipinski definition) is 1. The molecular formula is C16H26N2O. The Hall–Kier alpha value is -1.06. The number of nitrogens with one attached hydrogen (secondary N) is 1. The van der Waals surface area contributed by atoms with E-state index in [0.29, 0.717) is 0 Å². The highest BCUT2D eigenvalue weighted by atomic mass is 16.5. The molecule has 0 radical (unpaired) electrons. The number of nitrogens with zero attached hydrogens (tertiary/aromatic N) is 1. The summed E-state index contributed by atoms with van der Waals surface area (Å²) in [5, 5.41) is 3.18. The maximum absolute atomic E-state index is 5.94. The van der Waals surface area contributed by atoms with Crippen molar-refractivity contribution in [2.24, 2.45) is 11.8 Å². The molecule has 0 aromatic heterocycles. The lowest BCUT2D eigenvalue weighted by atomic mass is 10.0. The predicted octanol–water partition coefficient (Wildman–Crippen LogP) is 2.37. The second kappa shape index (κ2) is 6.92. The van der Waals surface area contributed by atoms with Crippen molar-refractivity contribution in [3.05, 3.63) is 29.8 Å². The molecule has 1 saturated heterocycles. The molecule has 106 valence electrons. The molecule has 1 aliphatic rings. The van der Waals surface area contributed by atoms with Gasteiger partial charge in [-0.25, -0.2) is 0 Å². The van der Waals surface area contributed by atoms with Crippen molar-refractivity contribution < 1.29 is 4.74 Å². The summed E-state index contributed by atoms with van der Waals surface area (Å²) in [5.74, 6) is 2.64. The van der Waals surface area contributed by atoms with Gasteiger partial charge in [0.15, 0.2) is 0 Å². The van der Waals surface area contributed by atoms with Gasteiger partial charge in [-0.1, -0.05) is 32.0 Å². The van der Waals surface area contributed by atoms with Gasteiger partial charge in [0.2, 0.25) is 0 Å². The van der Waals surface area contributed by atoms with Gasteiger partial charge < -0.3 is 10.1 Å². The fraction of sp³-hybridized carbons (Fsp3) is 0.625. The minimum Gasteiger partial charge on any atom is -0.492 e. The van der Waals surface area contributed by atoms with E-state index in [1.165, 1.54) is 18.7 Å². The van der Waals surface area contributed by atoms with Crippen LogP contribution in [0.15, 0.2) is 24.3 Å². The molecule has 3 nitrogen and oxygen atoms in total. The molecule has 1 aromatic carbocycles. The summed E-state index contributed by atoms with van der Waals surface area (Å²) in [5.41, 5.74) is 1.23. The van der Waals surface area contributed by atoms with Crippen LogP contribution in [0, 0.1) is 11.8 Å². The van der Waals surface area contributed by atoms with Gasteiger partial charge in [0.25, 0.3) is 0 Å². The number of benzene rings is 1. The highest BCUT2D eigenvalue weighted by molar-refractivity contribution is 5.33. The zero-order valence-corrected chi connectivity index (χ0v) is 12.4. The molecular weight excluding hydrogens is 236 g/mol. The monoisotopic (exact) mass is 262 g/mol. The Morgan fingerprint density at radius 3 is 2.58 bits per heavy atom. The number of ether oxygens (including phenoxy) is 1. The van der Waals surface area contributed by atoms with E-state index < -0.39 is 0 Å². The number of likely N-dealkylation sites (tertiary alicyclic amines) is 1. The van der Waals surface area contributed by atoms with Crippen LogP contribution in [0.3, 0.4) is 0 Å². The smallest absolute Gasteiger partial charge is 0.123 e. The van der Waals surface area contributed by atoms with Crippen LogP contribution in [-0.2, 0) is 6.54 Å². The third-order valence-corrected chi connectivity index (χ3v) is 4.07. The van der Waals surface area contributed by atoms with Gasteiger partial charge in [-0.2, -0.15) is 0 Å². The first kappa shape index (κ1) is 14.4. The molecule has 2 rings (SSSR count). The van der Waals surface area contributed by atoms with Crippen molar-refractivity contribution in [2.45, 2.75) is 20.4 Å². The van der Waals surface area contributed by atoms with Gasteiger partial charge in [0, 0.05) is 31.7 Å². The molecule has 0 spiro atoms. The summed E-state index contributed by atoms with van der Waals surface area (Å²) in [4.78, 5) is 2.51. The zero-order valence-electron chi connectivity index (χ0n) is 12.4. The molecule has 19 heavy (non-hydrogen) atoms. The first-order chi connectivity index (χ1) is 9.20. The van der Waals surface area contributed by atoms with Crippen molar-refractivity contribution in [1.82, 2.24) is 10.2 Å². The van der Waals surface area contributed by atoms with Gasteiger partial charge >= 0.3 is 0 Å². The summed E-state index contributed by atoms with van der Waals surface area (Å²) in [6, 6.07) is 8.27. The SMILES string of the molecule is CNCc1ccccc1OCCN1CC(C)C(C)C1. The van der Waals surface area contributed by atoms with E-state index >= 15 is 0 Å². The highest BCUT2D eigenvalue weighted by Crippen LogP contribution is 2.22. The van der Waals surface area contributed by atoms with Crippen LogP contribution in [0.25, 0.3) is 0 Å². The van der Waals surface area contributed by atoms with E-state index in [0.717, 1.165) is 37.3 Å². The summed E-state index contributed by atoms with van der Waals surface area (Å²) in [6.07, 6.45) is 0. The molecule has 2 unspecified atom stereocenters. The normalized spacial score (nSPS) is 23.7. The summed E-state index contributed by atoms with van der Waals surface area (Å²) in [6.45, 7) is 9.77. The van der Waals surface area contributed by atoms with Gasteiger partial charge in [-0.3, -0.25) is 4.90 Å². The number of rotatable bonds is 6. The van der Waals surface area contributed by atoms with Crippen molar-refractivity contribution in [2.75, 3.05) is 33.3 Å². The van der Waals surface area contributed by atoms with E-state index in [2.05, 4.69) is 42.3 Å². The van der Waals surface area contributed by atoms with E-state index in [-0.39, 0.29) is 0 Å². The van der Waals surface area contributed by atoms with E-state index in [4.69, 9.17) is 4.74 Å². The van der Waals surface area contributed by atoms with Gasteiger partial charge in [0.05, 0.1) is 0 Å². The molecule has 1 N–H and O–H groups in total. The van der Waals surface area contributed by atoms with Crippen molar-refractivity contribution in [3.8, 4) is 5.75 Å². The van der Waals surface area contributed by atoms with Crippen LogP contribution in [0.4, 0.5) is 0 Å². The average Bonchev–Trinajstić information content (AvgIpc) is 2.71. The van der Waals surface area contributed by atoms with Crippen LogP contribution in [0.5, 0.6) is 5.75 Å². The lowest BCUT2D eigenvalue weighted by molar-refractivity contribution is 0.230. The van der Waals surface area contributed by atoms with Crippen molar-refractivity contribution in [1.29, 1.82) is 0 Å². The Morgan fingerprint density at radius 2 is 1.89 bits per heavy atom. The fourth-order valence-electron chi connectivity index (χ4n) is 2.70. The summed E-state index contributed by atoms with van der Waals surface area (Å²) < 4.78 is 5.94. The van der Waals surface area contributed by atoms with Crippen molar-refractivity contribution >= 4 is 0 Å². The maximum Gasteiger partial charge on any atom is 0.123 e. The lowest BCUT2D eigenvalue weighted by Gasteiger charge is -2.17. The van der Waals surface area contributed by atoms with Crippen LogP contribution < -0.4 is 10.1 Å². The Labute approximate surface area is 116 Å². The van der Waals surface area contributed by atoms with Crippen LogP contribution in [-0.4, -0.2) is 38.2 Å². The number of para-hydroxylation sites is 1. The van der Waals surface area contributed by atoms with Crippen LogP contribution in [0.2, 0.25) is 0 Å². The van der Waals surface area contributed by atoms with E-state index in [9.17, 15) is 0 Å². The highest BCUT2D eigenvalue weighted by Gasteiger charge is 2.25. The maximum atomic E-state index is 5.94. The van der Waals surface area contributed by atoms with Crippen LogP contribution in [0.1, 0.15) is 19.4 Å². The van der Waals surface area contributed by atoms with Crippen molar-refractivity contribution in [3.63, 3.8) is 0 Å². The van der Waals surface area contributed by atoms with Gasteiger partial charge in [-0.05, 0) is 24.9 Å². The Bertz CT molecular complexity index is 384. The van der Waals surface area contributed by atoms with E-state index in [1.54, 1.807) is 0 Å². The Kier molecular flexibility index (Phi) is 5.23. The number of hydrogen-bond acceptors (Lipinski definition) is 3. The predicted molar refractivity (Wildman–Crippen MR) is 79.5 cm³/mol. The molecule has 1 aromatic rings. The standard InChI is InChI=1S/C16H26N2O/c1-13-11-18(12-14(13)2)8-9-19-16-7-5-4-6-15(16)10-17-3/h4-7,13-14,17H,8-12H2,1-3H3. The van der Waals surface area contributed by atoms with Crippen LogP contribution >= 0.6 is 0 Å². The molecule has 0 saturated carbocycles. The Morgan fingerprint density at radius 1 is 1.21 bits per heavy atom. The topological polar surface area (TPSA) is 24.5 Å². The second-order valence-corrected chi connectivity index (χ2v) is 5.70. The third-order valence-electron chi connectivity index (χ3n) is 4.07. The Balaban J connectivity index is 1.80. The molecule has 1 heterocycles. The molecule has 0 aliphatic carbocycles. The first-order valence-electron chi connectivity index (χ1n) is 7.28. The second-order valence-electron chi connectivity index (χ2n) is 5.70. The first-order valence-corrected chi connectivity index (χ1v) is 7.28. The molecule has 0 amide bonds. The summed E-state index contributed by atoms with van der Waals surface area (Å²) in [7, 11) is 1.96. The molecule has 2 atom stereocenters. The quantitative estimate of drug-likeness (QED) is 0.852. The van der Waals surface area contributed by atoms with E-state index in [1.807, 2.05) is 13.1 Å².